The van der Waals surface area contributed by atoms with Gasteiger partial charge in [0.25, 0.3) is 0 Å². The number of amides is 1. The van der Waals surface area contributed by atoms with Crippen LogP contribution in [0.4, 0.5) is 13.2 Å². The first-order chi connectivity index (χ1) is 13.3. The van der Waals surface area contributed by atoms with Gasteiger partial charge in [0.1, 0.15) is 0 Å². The zero-order chi connectivity index (χ0) is 20.2. The number of nitrogens with zero attached hydrogens (tertiary/aromatic N) is 2. The molecule has 3 rings (SSSR count). The SMILES string of the molecule is O=C(CN1CCC(O)(c2cccc(C(F)(F)F)c2)CC1)NCc1ccccn1. The summed E-state index contributed by atoms with van der Waals surface area (Å²) in [6.07, 6.45) is -2.26. The smallest absolute Gasteiger partial charge is 0.385 e. The fourth-order valence-electron chi connectivity index (χ4n) is 3.31. The number of hydrogen-bond donors (Lipinski definition) is 2. The van der Waals surface area contributed by atoms with Crippen molar-refractivity contribution in [3.63, 3.8) is 0 Å². The first-order valence-corrected chi connectivity index (χ1v) is 9.05. The monoisotopic (exact) mass is 393 g/mol. The quantitative estimate of drug-likeness (QED) is 0.820. The van der Waals surface area contributed by atoms with E-state index < -0.39 is 17.3 Å². The third-order valence-electron chi connectivity index (χ3n) is 4.97. The van der Waals surface area contributed by atoms with E-state index in [0.717, 1.165) is 17.8 Å². The number of pyridine rings is 1. The predicted octanol–water partition coefficient (Wildman–Crippen LogP) is 2.70. The van der Waals surface area contributed by atoms with E-state index in [0.29, 0.717) is 19.6 Å². The van der Waals surface area contributed by atoms with E-state index in [4.69, 9.17) is 0 Å². The summed E-state index contributed by atoms with van der Waals surface area (Å²) in [5, 5.41) is 13.6. The van der Waals surface area contributed by atoms with Gasteiger partial charge in [0.05, 0.1) is 29.9 Å². The van der Waals surface area contributed by atoms with Crippen LogP contribution in [-0.2, 0) is 23.1 Å². The zero-order valence-electron chi connectivity index (χ0n) is 15.2. The molecule has 1 saturated heterocycles. The number of rotatable bonds is 5. The van der Waals surface area contributed by atoms with Gasteiger partial charge in [0, 0.05) is 19.3 Å². The van der Waals surface area contributed by atoms with Crippen molar-refractivity contribution in [1.82, 2.24) is 15.2 Å². The van der Waals surface area contributed by atoms with E-state index in [1.807, 2.05) is 17.0 Å². The van der Waals surface area contributed by atoms with Gasteiger partial charge < -0.3 is 10.4 Å². The van der Waals surface area contributed by atoms with Gasteiger partial charge in [-0.3, -0.25) is 14.7 Å². The average Bonchev–Trinajstić information content (AvgIpc) is 2.69. The molecule has 1 aliphatic heterocycles. The molecule has 1 aromatic carbocycles. The van der Waals surface area contributed by atoms with Crippen LogP contribution in [0.1, 0.15) is 29.7 Å². The summed E-state index contributed by atoms with van der Waals surface area (Å²) in [5.74, 6) is -0.157. The van der Waals surface area contributed by atoms with Gasteiger partial charge in [-0.2, -0.15) is 13.2 Å². The van der Waals surface area contributed by atoms with E-state index in [1.165, 1.54) is 12.1 Å². The van der Waals surface area contributed by atoms with Crippen molar-refractivity contribution in [2.45, 2.75) is 31.2 Å². The van der Waals surface area contributed by atoms with Crippen LogP contribution >= 0.6 is 0 Å². The lowest BCUT2D eigenvalue weighted by Crippen LogP contribution is -2.46. The number of carbonyl (C=O) groups is 1. The van der Waals surface area contributed by atoms with E-state index in [1.54, 1.807) is 12.3 Å². The molecule has 1 aliphatic rings. The van der Waals surface area contributed by atoms with Crippen molar-refractivity contribution in [1.29, 1.82) is 0 Å². The summed E-state index contributed by atoms with van der Waals surface area (Å²) in [6.45, 7) is 1.35. The number of nitrogens with one attached hydrogen (secondary N) is 1. The highest BCUT2D eigenvalue weighted by Gasteiger charge is 2.37. The number of benzene rings is 1. The van der Waals surface area contributed by atoms with Gasteiger partial charge in [0.15, 0.2) is 0 Å². The number of alkyl halides is 3. The molecule has 150 valence electrons. The highest BCUT2D eigenvalue weighted by atomic mass is 19.4. The van der Waals surface area contributed by atoms with Crippen molar-refractivity contribution in [2.24, 2.45) is 0 Å². The normalized spacial score (nSPS) is 17.3. The minimum absolute atomic E-state index is 0.157. The summed E-state index contributed by atoms with van der Waals surface area (Å²) >= 11 is 0. The molecule has 0 atom stereocenters. The van der Waals surface area contributed by atoms with Crippen molar-refractivity contribution >= 4 is 5.91 Å². The van der Waals surface area contributed by atoms with E-state index in [2.05, 4.69) is 10.3 Å². The molecule has 0 spiro atoms. The number of likely N-dealkylation sites (tertiary alicyclic amines) is 1. The second-order valence-corrected chi connectivity index (χ2v) is 6.98. The zero-order valence-corrected chi connectivity index (χ0v) is 15.2. The van der Waals surface area contributed by atoms with Crippen molar-refractivity contribution < 1.29 is 23.1 Å². The average molecular weight is 393 g/mol. The largest absolute Gasteiger partial charge is 0.416 e. The Morgan fingerprint density at radius 2 is 1.93 bits per heavy atom. The fraction of sp³-hybridized carbons (Fsp3) is 0.400. The van der Waals surface area contributed by atoms with E-state index in [-0.39, 0.29) is 30.9 Å². The topological polar surface area (TPSA) is 65.5 Å². The van der Waals surface area contributed by atoms with Gasteiger partial charge in [-0.25, -0.2) is 0 Å². The Morgan fingerprint density at radius 1 is 1.18 bits per heavy atom. The molecule has 1 fully saturated rings. The summed E-state index contributed by atoms with van der Waals surface area (Å²) in [7, 11) is 0. The maximum Gasteiger partial charge on any atom is 0.416 e. The molecule has 28 heavy (non-hydrogen) atoms. The molecule has 2 heterocycles. The first-order valence-electron chi connectivity index (χ1n) is 9.05. The van der Waals surface area contributed by atoms with Crippen LogP contribution in [0, 0.1) is 0 Å². The maximum atomic E-state index is 12.9. The highest BCUT2D eigenvalue weighted by molar-refractivity contribution is 5.77. The summed E-state index contributed by atoms with van der Waals surface area (Å²) < 4.78 is 38.8. The Hall–Kier alpha value is -2.45. The molecule has 0 unspecified atom stereocenters. The van der Waals surface area contributed by atoms with E-state index >= 15 is 0 Å². The standard InChI is InChI=1S/C20H22F3N3O2/c21-20(22,23)16-5-3-4-15(12-16)19(28)7-10-26(11-8-19)14-18(27)25-13-17-6-1-2-9-24-17/h1-6,9,12,28H,7-8,10-11,13-14H2,(H,25,27). The molecule has 5 nitrogen and oxygen atoms in total. The van der Waals surface area contributed by atoms with Crippen LogP contribution in [0.5, 0.6) is 0 Å². The Labute approximate surface area is 161 Å². The number of aliphatic hydroxyl groups is 1. The summed E-state index contributed by atoms with van der Waals surface area (Å²) in [6, 6.07) is 10.3. The minimum Gasteiger partial charge on any atom is -0.385 e. The van der Waals surface area contributed by atoms with Crippen molar-refractivity contribution in [3.05, 3.63) is 65.5 Å². The summed E-state index contributed by atoms with van der Waals surface area (Å²) in [5.41, 5.74) is -1.06. The number of piperidine rings is 1. The lowest BCUT2D eigenvalue weighted by atomic mass is 9.83. The number of hydrogen-bond acceptors (Lipinski definition) is 4. The van der Waals surface area contributed by atoms with Crippen molar-refractivity contribution in [3.8, 4) is 0 Å². The fourth-order valence-corrected chi connectivity index (χ4v) is 3.31. The number of halogens is 3. The van der Waals surface area contributed by atoms with E-state index in [9.17, 15) is 23.1 Å². The number of aromatic nitrogens is 1. The molecule has 0 aliphatic carbocycles. The molecule has 0 bridgehead atoms. The summed E-state index contributed by atoms with van der Waals surface area (Å²) in [4.78, 5) is 18.1. The van der Waals surface area contributed by atoms with Crippen LogP contribution in [0.25, 0.3) is 0 Å². The minimum atomic E-state index is -4.45. The molecule has 8 heteroatoms. The molecular weight excluding hydrogens is 371 g/mol. The molecule has 0 radical (unpaired) electrons. The molecule has 0 saturated carbocycles. The van der Waals surface area contributed by atoms with Crippen LogP contribution in [0.15, 0.2) is 48.7 Å². The highest BCUT2D eigenvalue weighted by Crippen LogP contribution is 2.36. The van der Waals surface area contributed by atoms with Crippen molar-refractivity contribution in [2.75, 3.05) is 19.6 Å². The second-order valence-electron chi connectivity index (χ2n) is 6.98. The van der Waals surface area contributed by atoms with Crippen LogP contribution in [-0.4, -0.2) is 40.5 Å². The first kappa shape index (κ1) is 20.3. The maximum absolute atomic E-state index is 12.9. The lowest BCUT2D eigenvalue weighted by Gasteiger charge is -2.38. The van der Waals surface area contributed by atoms with Gasteiger partial charge in [0.2, 0.25) is 5.91 Å². The third kappa shape index (κ3) is 5.08. The third-order valence-corrected chi connectivity index (χ3v) is 4.97. The Balaban J connectivity index is 1.53. The van der Waals surface area contributed by atoms with Crippen LogP contribution in [0.3, 0.4) is 0 Å². The molecule has 1 aromatic heterocycles. The van der Waals surface area contributed by atoms with Gasteiger partial charge in [-0.15, -0.1) is 0 Å². The van der Waals surface area contributed by atoms with Crippen LogP contribution in [0.2, 0.25) is 0 Å². The molecule has 2 aromatic rings. The molecule has 1 amide bonds. The molecular formula is C20H22F3N3O2. The predicted molar refractivity (Wildman–Crippen MR) is 97.1 cm³/mol. The lowest BCUT2D eigenvalue weighted by molar-refractivity contribution is -0.138. The van der Waals surface area contributed by atoms with Gasteiger partial charge in [-0.05, 0) is 42.7 Å². The Kier molecular flexibility index (Phi) is 6.00. The molecule has 2 N–H and O–H groups in total. The Morgan fingerprint density at radius 3 is 2.57 bits per heavy atom. The second kappa shape index (κ2) is 8.28. The number of carbonyl (C=O) groups excluding carboxylic acids is 1. The van der Waals surface area contributed by atoms with Gasteiger partial charge in [-0.1, -0.05) is 18.2 Å². The van der Waals surface area contributed by atoms with Crippen LogP contribution < -0.4 is 5.32 Å². The van der Waals surface area contributed by atoms with Gasteiger partial charge >= 0.3 is 6.18 Å². The Bertz CT molecular complexity index is 804.